The Morgan fingerprint density at radius 1 is 1.03 bits per heavy atom. The molecule has 8 nitrogen and oxygen atoms in total. The van der Waals surface area contributed by atoms with Gasteiger partial charge in [0.1, 0.15) is 5.75 Å². The zero-order valence-corrected chi connectivity index (χ0v) is 16.7. The van der Waals surface area contributed by atoms with E-state index >= 15 is 0 Å². The highest BCUT2D eigenvalue weighted by molar-refractivity contribution is 5.89. The molecule has 0 aromatic heterocycles. The highest BCUT2D eigenvalue weighted by Crippen LogP contribution is 2.46. The second kappa shape index (κ2) is 8.87. The Kier molecular flexibility index (Phi) is 6.27. The fraction of sp³-hybridized carbons (Fsp3) is 0.273. The molecule has 0 saturated carbocycles. The minimum Gasteiger partial charge on any atom is -0.493 e. The summed E-state index contributed by atoms with van der Waals surface area (Å²) < 4.78 is 17.3. The molecule has 2 heterocycles. The summed E-state index contributed by atoms with van der Waals surface area (Å²) in [6.45, 7) is 1.61. The first kappa shape index (κ1) is 21.2. The average Bonchev–Trinajstić information content (AvgIpc) is 3.10. The standard InChI is InChI=1S/C18H19NO3.C4H4O4/c1-20-16-7-13-10-19-11-18(14(13)8-17(16)21-2)9-12-5-3-4-6-15(12)22-18;5-3(6)1-2-4(7)8/h3-8,19H,9-11H2,1-2H3;1-2H,(H,5,6)(H,7,8). The van der Waals surface area contributed by atoms with Gasteiger partial charge in [0.25, 0.3) is 0 Å². The predicted molar refractivity (Wildman–Crippen MR) is 108 cm³/mol. The lowest BCUT2D eigenvalue weighted by molar-refractivity contribution is -0.134. The first-order chi connectivity index (χ1) is 14.4. The first-order valence-corrected chi connectivity index (χ1v) is 9.25. The molecular weight excluding hydrogens is 390 g/mol. The number of aliphatic carboxylic acids is 2. The largest absolute Gasteiger partial charge is 0.493 e. The third-order valence-corrected chi connectivity index (χ3v) is 4.95. The molecule has 2 aliphatic heterocycles. The molecule has 0 bridgehead atoms. The quantitative estimate of drug-likeness (QED) is 0.655. The minimum atomic E-state index is -1.26. The second-order valence-corrected chi connectivity index (χ2v) is 6.86. The number of carbonyl (C=O) groups is 2. The van der Waals surface area contributed by atoms with Crippen molar-refractivity contribution in [3.05, 3.63) is 65.2 Å². The molecule has 0 amide bonds. The Morgan fingerprint density at radius 3 is 2.27 bits per heavy atom. The minimum absolute atomic E-state index is 0.350. The Labute approximate surface area is 173 Å². The van der Waals surface area contributed by atoms with Gasteiger partial charge < -0.3 is 29.7 Å². The van der Waals surface area contributed by atoms with Gasteiger partial charge in [0.15, 0.2) is 17.1 Å². The van der Waals surface area contributed by atoms with Gasteiger partial charge in [-0.3, -0.25) is 0 Å². The number of hydrogen-bond acceptors (Lipinski definition) is 6. The highest BCUT2D eigenvalue weighted by Gasteiger charge is 2.44. The molecule has 2 aliphatic rings. The van der Waals surface area contributed by atoms with Crippen molar-refractivity contribution in [2.75, 3.05) is 20.8 Å². The molecule has 2 aromatic carbocycles. The van der Waals surface area contributed by atoms with E-state index in [9.17, 15) is 9.59 Å². The molecule has 0 saturated heterocycles. The van der Waals surface area contributed by atoms with E-state index in [1.807, 2.05) is 12.1 Å². The van der Waals surface area contributed by atoms with Gasteiger partial charge in [-0.25, -0.2) is 9.59 Å². The Hall–Kier alpha value is -3.52. The van der Waals surface area contributed by atoms with Gasteiger partial charge in [0.2, 0.25) is 0 Å². The summed E-state index contributed by atoms with van der Waals surface area (Å²) in [5.41, 5.74) is 3.31. The van der Waals surface area contributed by atoms with Crippen molar-refractivity contribution in [3.8, 4) is 17.2 Å². The third kappa shape index (κ3) is 4.38. The number of carboxylic acid groups (broad SMARTS) is 2. The molecule has 4 rings (SSSR count). The fourth-order valence-corrected chi connectivity index (χ4v) is 3.68. The van der Waals surface area contributed by atoms with Gasteiger partial charge in [-0.15, -0.1) is 0 Å². The molecule has 0 fully saturated rings. The van der Waals surface area contributed by atoms with E-state index in [1.165, 1.54) is 16.7 Å². The number of ether oxygens (including phenoxy) is 3. The average molecular weight is 413 g/mol. The SMILES string of the molecule is COc1cc2c(cc1OC)C1(CNC2)Cc2ccccc2O1.O=C(O)C=CC(=O)O. The van der Waals surface area contributed by atoms with E-state index in [0.717, 1.165) is 36.8 Å². The Bertz CT molecular complexity index is 942. The van der Waals surface area contributed by atoms with Crippen LogP contribution in [0.25, 0.3) is 0 Å². The van der Waals surface area contributed by atoms with E-state index in [2.05, 4.69) is 29.6 Å². The molecule has 0 radical (unpaired) electrons. The van der Waals surface area contributed by atoms with Crippen molar-refractivity contribution < 1.29 is 34.0 Å². The molecule has 30 heavy (non-hydrogen) atoms. The summed E-state index contributed by atoms with van der Waals surface area (Å²) in [4.78, 5) is 19.1. The maximum atomic E-state index is 9.55. The van der Waals surface area contributed by atoms with Gasteiger partial charge in [0.05, 0.1) is 14.2 Å². The molecule has 158 valence electrons. The van der Waals surface area contributed by atoms with Crippen molar-refractivity contribution in [2.24, 2.45) is 0 Å². The molecule has 8 heteroatoms. The zero-order valence-electron chi connectivity index (χ0n) is 16.7. The van der Waals surface area contributed by atoms with E-state index in [-0.39, 0.29) is 5.60 Å². The molecule has 1 spiro atoms. The summed E-state index contributed by atoms with van der Waals surface area (Å²) in [5, 5.41) is 19.1. The third-order valence-electron chi connectivity index (χ3n) is 4.95. The van der Waals surface area contributed by atoms with Crippen LogP contribution in [0.15, 0.2) is 48.6 Å². The fourth-order valence-electron chi connectivity index (χ4n) is 3.68. The zero-order chi connectivity index (χ0) is 21.7. The lowest BCUT2D eigenvalue weighted by Gasteiger charge is -2.36. The number of para-hydroxylation sites is 1. The first-order valence-electron chi connectivity index (χ1n) is 9.25. The Morgan fingerprint density at radius 2 is 1.67 bits per heavy atom. The van der Waals surface area contributed by atoms with Crippen LogP contribution in [0.2, 0.25) is 0 Å². The van der Waals surface area contributed by atoms with Gasteiger partial charge in [-0.05, 0) is 29.3 Å². The van der Waals surface area contributed by atoms with Crippen LogP contribution in [0.4, 0.5) is 0 Å². The summed E-state index contributed by atoms with van der Waals surface area (Å²) in [6, 6.07) is 12.4. The van der Waals surface area contributed by atoms with Gasteiger partial charge in [-0.2, -0.15) is 0 Å². The second-order valence-electron chi connectivity index (χ2n) is 6.86. The van der Waals surface area contributed by atoms with E-state index in [1.54, 1.807) is 14.2 Å². The molecule has 3 N–H and O–H groups in total. The maximum absolute atomic E-state index is 9.55. The summed E-state index contributed by atoms with van der Waals surface area (Å²) in [5.74, 6) is -0.0237. The van der Waals surface area contributed by atoms with Crippen LogP contribution in [0.3, 0.4) is 0 Å². The van der Waals surface area contributed by atoms with E-state index in [0.29, 0.717) is 12.2 Å². The monoisotopic (exact) mass is 413 g/mol. The van der Waals surface area contributed by atoms with Crippen LogP contribution >= 0.6 is 0 Å². The summed E-state index contributed by atoms with van der Waals surface area (Å²) >= 11 is 0. The number of fused-ring (bicyclic) bond motifs is 3. The van der Waals surface area contributed by atoms with Gasteiger partial charge >= 0.3 is 11.9 Å². The van der Waals surface area contributed by atoms with Crippen molar-refractivity contribution >= 4 is 11.9 Å². The van der Waals surface area contributed by atoms with Crippen molar-refractivity contribution in [2.45, 2.75) is 18.6 Å². The number of benzene rings is 2. The van der Waals surface area contributed by atoms with Crippen LogP contribution < -0.4 is 19.5 Å². The highest BCUT2D eigenvalue weighted by atomic mass is 16.5. The smallest absolute Gasteiger partial charge is 0.328 e. The number of rotatable bonds is 4. The normalized spacial score (nSPS) is 18.6. The van der Waals surface area contributed by atoms with Crippen molar-refractivity contribution in [1.82, 2.24) is 5.32 Å². The predicted octanol–water partition coefficient (Wildman–Crippen LogP) is 2.35. The van der Waals surface area contributed by atoms with Crippen LogP contribution in [-0.2, 0) is 28.2 Å². The topological polar surface area (TPSA) is 114 Å². The van der Waals surface area contributed by atoms with Gasteiger partial charge in [0, 0.05) is 37.2 Å². The van der Waals surface area contributed by atoms with Crippen LogP contribution in [0.1, 0.15) is 16.7 Å². The van der Waals surface area contributed by atoms with Crippen molar-refractivity contribution in [3.63, 3.8) is 0 Å². The molecule has 0 aliphatic carbocycles. The van der Waals surface area contributed by atoms with E-state index in [4.69, 9.17) is 24.4 Å². The van der Waals surface area contributed by atoms with Crippen LogP contribution in [0.5, 0.6) is 17.2 Å². The summed E-state index contributed by atoms with van der Waals surface area (Å²) in [7, 11) is 3.33. The summed E-state index contributed by atoms with van der Waals surface area (Å²) in [6.07, 6.45) is 1.99. The molecule has 2 aromatic rings. The number of hydrogen-bond donors (Lipinski definition) is 3. The molecular formula is C22H23NO7. The van der Waals surface area contributed by atoms with Crippen LogP contribution in [0, 0.1) is 0 Å². The van der Waals surface area contributed by atoms with E-state index < -0.39 is 11.9 Å². The van der Waals surface area contributed by atoms with Crippen LogP contribution in [-0.4, -0.2) is 42.9 Å². The van der Waals surface area contributed by atoms with Crippen molar-refractivity contribution in [1.29, 1.82) is 0 Å². The lowest BCUT2D eigenvalue weighted by atomic mass is 9.83. The maximum Gasteiger partial charge on any atom is 0.328 e. The molecule has 1 atom stereocenters. The molecule has 1 unspecified atom stereocenters. The number of carboxylic acids is 2. The Balaban J connectivity index is 0.000000275. The lowest BCUT2D eigenvalue weighted by Crippen LogP contribution is -2.46. The number of nitrogens with one attached hydrogen (secondary N) is 1. The van der Waals surface area contributed by atoms with Gasteiger partial charge in [-0.1, -0.05) is 18.2 Å². The number of methoxy groups -OCH3 is 2.